The number of ether oxygens (including phenoxy) is 2. The van der Waals surface area contributed by atoms with E-state index in [4.69, 9.17) is 16.3 Å². The standard InChI is InChI=1S/C6H11ClO4.Na/c1-5(10-3-2-7)11-4-6(8)9;/h5H,2-4H2,1H3,(H,8,9);/q;+1/p-1. The Morgan fingerprint density at radius 2 is 2.17 bits per heavy atom. The minimum Gasteiger partial charge on any atom is -0.548 e. The van der Waals surface area contributed by atoms with E-state index in [2.05, 4.69) is 4.74 Å². The first kappa shape index (κ1) is 15.2. The molecule has 4 nitrogen and oxygen atoms in total. The molecule has 0 amide bonds. The summed E-state index contributed by atoms with van der Waals surface area (Å²) in [4.78, 5) is 9.86. The Morgan fingerprint density at radius 3 is 2.58 bits per heavy atom. The maximum atomic E-state index is 9.86. The minimum absolute atomic E-state index is 0. The molecule has 0 saturated carbocycles. The van der Waals surface area contributed by atoms with Crippen LogP contribution in [0.15, 0.2) is 0 Å². The summed E-state index contributed by atoms with van der Waals surface area (Å²) in [5, 5.41) is 9.86. The van der Waals surface area contributed by atoms with Crippen molar-refractivity contribution in [3.05, 3.63) is 0 Å². The maximum absolute atomic E-state index is 9.86. The molecule has 1 atom stereocenters. The molecule has 0 heterocycles. The number of alkyl halides is 1. The van der Waals surface area contributed by atoms with Gasteiger partial charge in [-0.25, -0.2) is 0 Å². The molecule has 0 rings (SSSR count). The van der Waals surface area contributed by atoms with Gasteiger partial charge >= 0.3 is 29.6 Å². The molecule has 0 saturated heterocycles. The van der Waals surface area contributed by atoms with Crippen molar-refractivity contribution in [2.45, 2.75) is 13.2 Å². The number of aliphatic carboxylic acids is 1. The van der Waals surface area contributed by atoms with Gasteiger partial charge in [-0.05, 0) is 6.92 Å². The second-order valence-electron chi connectivity index (χ2n) is 1.81. The fraction of sp³-hybridized carbons (Fsp3) is 0.833. The molecule has 0 aromatic rings. The van der Waals surface area contributed by atoms with E-state index in [1.807, 2.05) is 0 Å². The topological polar surface area (TPSA) is 58.6 Å². The van der Waals surface area contributed by atoms with Gasteiger partial charge in [0.25, 0.3) is 0 Å². The number of carboxylic acids is 1. The Bertz CT molecular complexity index is 122. The van der Waals surface area contributed by atoms with Gasteiger partial charge in [0.15, 0.2) is 6.29 Å². The number of rotatable bonds is 6. The van der Waals surface area contributed by atoms with Crippen molar-refractivity contribution in [2.24, 2.45) is 0 Å². The molecule has 0 radical (unpaired) electrons. The summed E-state index contributed by atoms with van der Waals surface area (Å²) >= 11 is 5.30. The molecule has 0 aromatic carbocycles. The molecule has 1 unspecified atom stereocenters. The second kappa shape index (κ2) is 9.77. The van der Waals surface area contributed by atoms with Gasteiger partial charge in [0, 0.05) is 5.88 Å². The number of carbonyl (C=O) groups is 1. The van der Waals surface area contributed by atoms with E-state index in [0.29, 0.717) is 12.5 Å². The molecule has 0 bridgehead atoms. The van der Waals surface area contributed by atoms with Crippen LogP contribution in [0.25, 0.3) is 0 Å². The molecule has 0 aliphatic rings. The summed E-state index contributed by atoms with van der Waals surface area (Å²) in [5.41, 5.74) is 0. The molecule has 0 N–H and O–H groups in total. The third-order valence-corrected chi connectivity index (χ3v) is 1.02. The average Bonchev–Trinajstić information content (AvgIpc) is 1.97. The summed E-state index contributed by atoms with van der Waals surface area (Å²) in [6, 6.07) is 0. The Morgan fingerprint density at radius 1 is 1.58 bits per heavy atom. The first-order valence-electron chi connectivity index (χ1n) is 3.16. The van der Waals surface area contributed by atoms with Gasteiger partial charge in [0.2, 0.25) is 0 Å². The van der Waals surface area contributed by atoms with Crippen LogP contribution >= 0.6 is 11.6 Å². The van der Waals surface area contributed by atoms with Crippen LogP contribution in [0, 0.1) is 0 Å². The van der Waals surface area contributed by atoms with E-state index in [1.165, 1.54) is 0 Å². The molecule has 0 fully saturated rings. The van der Waals surface area contributed by atoms with Crippen molar-refractivity contribution in [3.8, 4) is 0 Å². The minimum atomic E-state index is -1.26. The van der Waals surface area contributed by atoms with Crippen molar-refractivity contribution >= 4 is 17.6 Å². The molecule has 6 heteroatoms. The predicted octanol–water partition coefficient (Wildman–Crippen LogP) is -3.64. The zero-order chi connectivity index (χ0) is 8.69. The largest absolute Gasteiger partial charge is 1.00 e. The van der Waals surface area contributed by atoms with E-state index in [1.54, 1.807) is 6.92 Å². The first-order valence-corrected chi connectivity index (χ1v) is 3.69. The molecule has 66 valence electrons. The normalized spacial score (nSPS) is 11.8. The number of hydrogen-bond donors (Lipinski definition) is 0. The maximum Gasteiger partial charge on any atom is 1.00 e. The van der Waals surface area contributed by atoms with Crippen LogP contribution in [-0.2, 0) is 14.3 Å². The first-order chi connectivity index (χ1) is 5.16. The van der Waals surface area contributed by atoms with E-state index in [-0.39, 0.29) is 29.6 Å². The molecule has 0 aromatic heterocycles. The fourth-order valence-electron chi connectivity index (χ4n) is 0.444. The van der Waals surface area contributed by atoms with Gasteiger partial charge in [-0.1, -0.05) is 0 Å². The molecular formula is C6H10ClNaO4. The number of hydrogen-bond acceptors (Lipinski definition) is 4. The summed E-state index contributed by atoms with van der Waals surface area (Å²) in [5.74, 6) is -0.898. The zero-order valence-corrected chi connectivity index (χ0v) is 9.97. The summed E-state index contributed by atoms with van der Waals surface area (Å²) in [6.07, 6.45) is -0.549. The van der Waals surface area contributed by atoms with Crippen LogP contribution in [0.3, 0.4) is 0 Å². The van der Waals surface area contributed by atoms with E-state index in [9.17, 15) is 9.90 Å². The van der Waals surface area contributed by atoms with Crippen LogP contribution in [0.4, 0.5) is 0 Å². The summed E-state index contributed by atoms with van der Waals surface area (Å²) in [6.45, 7) is 1.48. The summed E-state index contributed by atoms with van der Waals surface area (Å²) in [7, 11) is 0. The van der Waals surface area contributed by atoms with Gasteiger partial charge in [-0.15, -0.1) is 11.6 Å². The molecule has 12 heavy (non-hydrogen) atoms. The second-order valence-corrected chi connectivity index (χ2v) is 2.19. The van der Waals surface area contributed by atoms with Gasteiger partial charge in [0.1, 0.15) is 0 Å². The van der Waals surface area contributed by atoms with Gasteiger partial charge in [-0.3, -0.25) is 0 Å². The van der Waals surface area contributed by atoms with Gasteiger partial charge < -0.3 is 19.4 Å². The van der Waals surface area contributed by atoms with Crippen molar-refractivity contribution in [3.63, 3.8) is 0 Å². The van der Waals surface area contributed by atoms with E-state index in [0.717, 1.165) is 0 Å². The Hall–Kier alpha value is 0.680. The molecular weight excluding hydrogens is 195 g/mol. The SMILES string of the molecule is CC(OCCCl)OCC(=O)[O-].[Na+]. The molecule has 0 spiro atoms. The van der Waals surface area contributed by atoms with Crippen LogP contribution < -0.4 is 34.7 Å². The van der Waals surface area contributed by atoms with E-state index >= 15 is 0 Å². The van der Waals surface area contributed by atoms with Crippen LogP contribution in [0.1, 0.15) is 6.92 Å². The zero-order valence-electron chi connectivity index (χ0n) is 7.21. The van der Waals surface area contributed by atoms with Crippen molar-refractivity contribution in [1.29, 1.82) is 0 Å². The summed E-state index contributed by atoms with van der Waals surface area (Å²) < 4.78 is 9.56. The Labute approximate surface area is 98.5 Å². The average molecular weight is 205 g/mol. The number of halogens is 1. The number of carboxylic acid groups (broad SMARTS) is 1. The third-order valence-electron chi connectivity index (χ3n) is 0.866. The van der Waals surface area contributed by atoms with Crippen LogP contribution in [0.5, 0.6) is 0 Å². The molecule has 0 aliphatic carbocycles. The van der Waals surface area contributed by atoms with Crippen LogP contribution in [0.2, 0.25) is 0 Å². The third kappa shape index (κ3) is 10.7. The Balaban J connectivity index is 0. The fourth-order valence-corrected chi connectivity index (χ4v) is 0.533. The van der Waals surface area contributed by atoms with E-state index < -0.39 is 18.9 Å². The van der Waals surface area contributed by atoms with Crippen molar-refractivity contribution in [1.82, 2.24) is 0 Å². The predicted molar refractivity (Wildman–Crippen MR) is 37.1 cm³/mol. The smallest absolute Gasteiger partial charge is 0.548 e. The monoisotopic (exact) mass is 204 g/mol. The quantitative estimate of drug-likeness (QED) is 0.255. The van der Waals surface area contributed by atoms with Crippen molar-refractivity contribution in [2.75, 3.05) is 19.1 Å². The number of carbonyl (C=O) groups excluding carboxylic acids is 1. The van der Waals surface area contributed by atoms with Crippen molar-refractivity contribution < 1.29 is 48.9 Å². The Kier molecular flexibility index (Phi) is 12.3. The van der Waals surface area contributed by atoms with Gasteiger partial charge in [0.05, 0.1) is 19.2 Å². The van der Waals surface area contributed by atoms with Crippen LogP contribution in [-0.4, -0.2) is 31.4 Å². The molecule has 0 aliphatic heterocycles. The van der Waals surface area contributed by atoms with Gasteiger partial charge in [-0.2, -0.15) is 0 Å².